The number of esters is 1. The van der Waals surface area contributed by atoms with Crippen molar-refractivity contribution >= 4 is 5.97 Å². The van der Waals surface area contributed by atoms with Crippen LogP contribution in [0.2, 0.25) is 0 Å². The van der Waals surface area contributed by atoms with Gasteiger partial charge in [-0.05, 0) is 33.6 Å². The van der Waals surface area contributed by atoms with Gasteiger partial charge in [-0.25, -0.2) is 0 Å². The topological polar surface area (TPSA) is 70.8 Å². The molecule has 1 fully saturated rings. The Morgan fingerprint density at radius 1 is 1.29 bits per heavy atom. The molecule has 1 heterocycles. The van der Waals surface area contributed by atoms with Crippen molar-refractivity contribution in [2.75, 3.05) is 26.4 Å². The van der Waals surface area contributed by atoms with Crippen LogP contribution in [0.3, 0.4) is 0 Å². The largest absolute Gasteiger partial charge is 0.462 e. The minimum absolute atomic E-state index is 0.217. The molecular formula is C12H23NO4. The first kappa shape index (κ1) is 14.4. The fraction of sp³-hybridized carbons (Fsp3) is 0.917. The Labute approximate surface area is 103 Å². The van der Waals surface area contributed by atoms with Gasteiger partial charge < -0.3 is 19.9 Å². The molecule has 0 amide bonds. The summed E-state index contributed by atoms with van der Waals surface area (Å²) < 4.78 is 15.8. The summed E-state index contributed by atoms with van der Waals surface area (Å²) in [6.07, 6.45) is 1.04. The van der Waals surface area contributed by atoms with Gasteiger partial charge in [0.05, 0.1) is 12.2 Å². The van der Waals surface area contributed by atoms with Gasteiger partial charge in [-0.2, -0.15) is 0 Å². The first-order chi connectivity index (χ1) is 7.83. The van der Waals surface area contributed by atoms with Gasteiger partial charge in [-0.3, -0.25) is 4.79 Å². The predicted molar refractivity (Wildman–Crippen MR) is 63.6 cm³/mol. The summed E-state index contributed by atoms with van der Waals surface area (Å²) in [7, 11) is 0. The summed E-state index contributed by atoms with van der Waals surface area (Å²) in [5.74, 6) is -0.349. The van der Waals surface area contributed by atoms with Crippen molar-refractivity contribution in [1.82, 2.24) is 0 Å². The van der Waals surface area contributed by atoms with E-state index < -0.39 is 5.54 Å². The van der Waals surface area contributed by atoms with Crippen molar-refractivity contribution < 1.29 is 19.0 Å². The maximum atomic E-state index is 11.8. The summed E-state index contributed by atoms with van der Waals surface area (Å²) in [6, 6.07) is 0. The molecule has 0 atom stereocenters. The third-order valence-corrected chi connectivity index (χ3v) is 2.64. The number of hydrogen-bond acceptors (Lipinski definition) is 5. The fourth-order valence-electron chi connectivity index (χ4n) is 1.57. The smallest absolute Gasteiger partial charge is 0.326 e. The predicted octanol–water partition coefficient (Wildman–Crippen LogP) is 0.853. The Morgan fingerprint density at radius 2 is 1.88 bits per heavy atom. The average molecular weight is 245 g/mol. The van der Waals surface area contributed by atoms with Crippen LogP contribution < -0.4 is 5.73 Å². The molecular weight excluding hydrogens is 222 g/mol. The zero-order valence-corrected chi connectivity index (χ0v) is 11.0. The van der Waals surface area contributed by atoms with Crippen LogP contribution in [0, 0.1) is 0 Å². The second kappa shape index (κ2) is 5.80. The van der Waals surface area contributed by atoms with Gasteiger partial charge in [-0.1, -0.05) is 0 Å². The molecule has 1 saturated heterocycles. The number of rotatable bonds is 4. The van der Waals surface area contributed by atoms with E-state index in [0.29, 0.717) is 32.7 Å². The fourth-order valence-corrected chi connectivity index (χ4v) is 1.57. The van der Waals surface area contributed by atoms with Crippen LogP contribution in [0.15, 0.2) is 0 Å². The van der Waals surface area contributed by atoms with E-state index in [1.807, 2.05) is 20.8 Å². The van der Waals surface area contributed by atoms with E-state index in [4.69, 9.17) is 19.9 Å². The molecule has 5 heteroatoms. The molecule has 0 aromatic carbocycles. The quantitative estimate of drug-likeness (QED) is 0.587. The molecule has 1 aliphatic heterocycles. The third-order valence-electron chi connectivity index (χ3n) is 2.64. The van der Waals surface area contributed by atoms with Crippen LogP contribution >= 0.6 is 0 Å². The SMILES string of the molecule is CC(C)(C)OCCOC(=O)C1(N)CCOCC1. The van der Waals surface area contributed by atoms with Crippen molar-refractivity contribution in [3.63, 3.8) is 0 Å². The summed E-state index contributed by atoms with van der Waals surface area (Å²) in [6.45, 7) is 7.54. The van der Waals surface area contributed by atoms with Crippen LogP contribution in [-0.2, 0) is 19.0 Å². The Bertz CT molecular complexity index is 254. The molecule has 1 aliphatic rings. The van der Waals surface area contributed by atoms with E-state index in [2.05, 4.69) is 0 Å². The first-order valence-corrected chi connectivity index (χ1v) is 6.01. The number of carbonyl (C=O) groups is 1. The van der Waals surface area contributed by atoms with Crippen LogP contribution in [0.25, 0.3) is 0 Å². The maximum Gasteiger partial charge on any atom is 0.326 e. The number of hydrogen-bond donors (Lipinski definition) is 1. The number of ether oxygens (including phenoxy) is 3. The van der Waals surface area contributed by atoms with Gasteiger partial charge in [-0.15, -0.1) is 0 Å². The van der Waals surface area contributed by atoms with Gasteiger partial charge in [0.15, 0.2) is 0 Å². The molecule has 0 aliphatic carbocycles. The molecule has 2 N–H and O–H groups in total. The summed E-state index contributed by atoms with van der Waals surface area (Å²) in [4.78, 5) is 11.8. The molecule has 100 valence electrons. The molecule has 0 unspecified atom stereocenters. The van der Waals surface area contributed by atoms with Gasteiger partial charge in [0.25, 0.3) is 0 Å². The van der Waals surface area contributed by atoms with Crippen molar-refractivity contribution in [3.05, 3.63) is 0 Å². The highest BCUT2D eigenvalue weighted by Crippen LogP contribution is 2.19. The van der Waals surface area contributed by atoms with Gasteiger partial charge in [0.1, 0.15) is 12.1 Å². The molecule has 0 radical (unpaired) electrons. The second-order valence-electron chi connectivity index (χ2n) is 5.37. The highest BCUT2D eigenvalue weighted by molar-refractivity contribution is 5.80. The van der Waals surface area contributed by atoms with E-state index >= 15 is 0 Å². The molecule has 17 heavy (non-hydrogen) atoms. The lowest BCUT2D eigenvalue weighted by atomic mass is 9.92. The third kappa shape index (κ3) is 5.02. The van der Waals surface area contributed by atoms with E-state index in [-0.39, 0.29) is 18.2 Å². The Balaban J connectivity index is 2.24. The molecule has 0 bridgehead atoms. The Kier molecular flexibility index (Phi) is 4.91. The average Bonchev–Trinajstić information content (AvgIpc) is 2.24. The van der Waals surface area contributed by atoms with Crippen molar-refractivity contribution in [2.45, 2.75) is 44.8 Å². The zero-order valence-electron chi connectivity index (χ0n) is 11.0. The molecule has 0 spiro atoms. The van der Waals surface area contributed by atoms with Crippen molar-refractivity contribution in [2.24, 2.45) is 5.73 Å². The highest BCUT2D eigenvalue weighted by Gasteiger charge is 2.37. The summed E-state index contributed by atoms with van der Waals surface area (Å²) in [5.41, 5.74) is 4.88. The highest BCUT2D eigenvalue weighted by atomic mass is 16.6. The minimum Gasteiger partial charge on any atom is -0.462 e. The monoisotopic (exact) mass is 245 g/mol. The zero-order chi connectivity index (χ0) is 12.9. The summed E-state index contributed by atoms with van der Waals surface area (Å²) in [5, 5.41) is 0. The molecule has 0 aromatic heterocycles. The molecule has 0 aromatic rings. The molecule has 1 rings (SSSR count). The normalized spacial score (nSPS) is 20.0. The van der Waals surface area contributed by atoms with Crippen LogP contribution in [0.4, 0.5) is 0 Å². The first-order valence-electron chi connectivity index (χ1n) is 6.01. The van der Waals surface area contributed by atoms with Crippen LogP contribution in [0.1, 0.15) is 33.6 Å². The van der Waals surface area contributed by atoms with Gasteiger partial charge in [0.2, 0.25) is 0 Å². The lowest BCUT2D eigenvalue weighted by Gasteiger charge is -2.30. The lowest BCUT2D eigenvalue weighted by molar-refractivity contribution is -0.156. The second-order valence-corrected chi connectivity index (χ2v) is 5.37. The lowest BCUT2D eigenvalue weighted by Crippen LogP contribution is -2.53. The molecule has 5 nitrogen and oxygen atoms in total. The summed E-state index contributed by atoms with van der Waals surface area (Å²) >= 11 is 0. The Morgan fingerprint density at radius 3 is 2.41 bits per heavy atom. The van der Waals surface area contributed by atoms with Crippen LogP contribution in [0.5, 0.6) is 0 Å². The van der Waals surface area contributed by atoms with Gasteiger partial charge >= 0.3 is 5.97 Å². The number of nitrogens with two attached hydrogens (primary N) is 1. The van der Waals surface area contributed by atoms with E-state index in [9.17, 15) is 4.79 Å². The van der Waals surface area contributed by atoms with Crippen molar-refractivity contribution in [3.8, 4) is 0 Å². The van der Waals surface area contributed by atoms with E-state index in [1.54, 1.807) is 0 Å². The van der Waals surface area contributed by atoms with E-state index in [1.165, 1.54) is 0 Å². The van der Waals surface area contributed by atoms with E-state index in [0.717, 1.165) is 0 Å². The van der Waals surface area contributed by atoms with Gasteiger partial charge in [0, 0.05) is 13.2 Å². The standard InChI is InChI=1S/C12H23NO4/c1-11(2,3)17-9-8-16-10(14)12(13)4-6-15-7-5-12/h4-9,13H2,1-3H3. The minimum atomic E-state index is -0.875. The van der Waals surface area contributed by atoms with Crippen LogP contribution in [-0.4, -0.2) is 43.5 Å². The Hall–Kier alpha value is -0.650. The maximum absolute atomic E-state index is 11.8. The number of carbonyl (C=O) groups excluding carboxylic acids is 1. The van der Waals surface area contributed by atoms with Crippen molar-refractivity contribution in [1.29, 1.82) is 0 Å². The molecule has 0 saturated carbocycles.